The first-order valence-corrected chi connectivity index (χ1v) is 9.43. The molecule has 2 heterocycles. The summed E-state index contributed by atoms with van der Waals surface area (Å²) < 4.78 is 0. The molecule has 0 aliphatic heterocycles. The standard InChI is InChI=1S/C18H21N5OS/c1-4-23(17(24)13-10-19-18(25-3)20-11-13)8-7-16-21-14-6-5-12(2)9-15(14)22-16/h5-6,9-11H,4,7-8H2,1-3H3,(H,21,22). The molecule has 130 valence electrons. The third kappa shape index (κ3) is 3.99. The fourth-order valence-electron chi connectivity index (χ4n) is 2.65. The summed E-state index contributed by atoms with van der Waals surface area (Å²) in [6.45, 7) is 5.25. The molecular formula is C18H21N5OS. The number of amides is 1. The molecule has 0 spiro atoms. The zero-order valence-corrected chi connectivity index (χ0v) is 15.4. The molecule has 0 unspecified atom stereocenters. The van der Waals surface area contributed by atoms with Crippen LogP contribution in [0.5, 0.6) is 0 Å². The van der Waals surface area contributed by atoms with E-state index in [2.05, 4.69) is 32.9 Å². The molecule has 1 amide bonds. The SMILES string of the molecule is CCN(CCc1nc2ccc(C)cc2[nH]1)C(=O)c1cnc(SC)nc1. The van der Waals surface area contributed by atoms with Crippen molar-refractivity contribution in [1.82, 2.24) is 24.8 Å². The number of hydrogen-bond donors (Lipinski definition) is 1. The van der Waals surface area contributed by atoms with Crippen molar-refractivity contribution in [1.29, 1.82) is 0 Å². The van der Waals surface area contributed by atoms with Gasteiger partial charge in [-0.2, -0.15) is 0 Å². The maximum atomic E-state index is 12.6. The van der Waals surface area contributed by atoms with Crippen molar-refractivity contribution in [2.24, 2.45) is 0 Å². The number of aromatic nitrogens is 4. The van der Waals surface area contributed by atoms with Gasteiger partial charge in [-0.15, -0.1) is 0 Å². The van der Waals surface area contributed by atoms with Crippen LogP contribution in [0.1, 0.15) is 28.7 Å². The van der Waals surface area contributed by atoms with E-state index >= 15 is 0 Å². The molecule has 0 saturated carbocycles. The van der Waals surface area contributed by atoms with Crippen LogP contribution in [0.2, 0.25) is 0 Å². The van der Waals surface area contributed by atoms with Crippen LogP contribution < -0.4 is 0 Å². The largest absolute Gasteiger partial charge is 0.342 e. The molecule has 0 fully saturated rings. The lowest BCUT2D eigenvalue weighted by Gasteiger charge is -2.20. The molecule has 0 saturated heterocycles. The van der Waals surface area contributed by atoms with Gasteiger partial charge in [0.25, 0.3) is 5.91 Å². The molecule has 3 aromatic rings. The summed E-state index contributed by atoms with van der Waals surface area (Å²) in [5.74, 6) is 0.836. The van der Waals surface area contributed by atoms with E-state index in [0.29, 0.717) is 30.2 Å². The number of imidazole rings is 1. The van der Waals surface area contributed by atoms with Gasteiger partial charge < -0.3 is 9.88 Å². The number of hydrogen-bond acceptors (Lipinski definition) is 5. The van der Waals surface area contributed by atoms with Crippen molar-refractivity contribution in [3.8, 4) is 0 Å². The number of thioether (sulfide) groups is 1. The first-order valence-electron chi connectivity index (χ1n) is 8.21. The number of aromatic amines is 1. The van der Waals surface area contributed by atoms with Gasteiger partial charge in [-0.25, -0.2) is 15.0 Å². The number of nitrogens with one attached hydrogen (secondary N) is 1. The van der Waals surface area contributed by atoms with Gasteiger partial charge in [0.15, 0.2) is 5.16 Å². The molecule has 1 aromatic carbocycles. The molecule has 2 aromatic heterocycles. The summed E-state index contributed by atoms with van der Waals surface area (Å²) in [6, 6.07) is 6.14. The van der Waals surface area contributed by atoms with Gasteiger partial charge in [0.2, 0.25) is 0 Å². The normalized spacial score (nSPS) is 11.0. The van der Waals surface area contributed by atoms with Gasteiger partial charge in [0, 0.05) is 31.9 Å². The number of carbonyl (C=O) groups is 1. The number of fused-ring (bicyclic) bond motifs is 1. The number of aryl methyl sites for hydroxylation is 1. The average Bonchev–Trinajstić information content (AvgIpc) is 3.04. The van der Waals surface area contributed by atoms with Gasteiger partial charge in [-0.05, 0) is 37.8 Å². The highest BCUT2D eigenvalue weighted by Gasteiger charge is 2.16. The second-order valence-corrected chi connectivity index (χ2v) is 6.57. The predicted octanol–water partition coefficient (Wildman–Crippen LogP) is 3.09. The summed E-state index contributed by atoms with van der Waals surface area (Å²) in [7, 11) is 0. The van der Waals surface area contributed by atoms with E-state index in [4.69, 9.17) is 0 Å². The lowest BCUT2D eigenvalue weighted by molar-refractivity contribution is 0.0764. The molecular weight excluding hydrogens is 334 g/mol. The van der Waals surface area contributed by atoms with Gasteiger partial charge in [-0.3, -0.25) is 4.79 Å². The maximum Gasteiger partial charge on any atom is 0.256 e. The molecule has 25 heavy (non-hydrogen) atoms. The minimum absolute atomic E-state index is 0.0536. The van der Waals surface area contributed by atoms with Gasteiger partial charge in [0.05, 0.1) is 16.6 Å². The van der Waals surface area contributed by atoms with Crippen LogP contribution in [0.25, 0.3) is 11.0 Å². The molecule has 0 radical (unpaired) electrons. The topological polar surface area (TPSA) is 74.8 Å². The molecule has 6 nitrogen and oxygen atoms in total. The molecule has 3 rings (SSSR count). The number of nitrogens with zero attached hydrogens (tertiary/aromatic N) is 4. The third-order valence-electron chi connectivity index (χ3n) is 4.03. The van der Waals surface area contributed by atoms with Crippen molar-refractivity contribution in [2.75, 3.05) is 19.3 Å². The lowest BCUT2D eigenvalue weighted by Crippen LogP contribution is -2.33. The van der Waals surface area contributed by atoms with E-state index in [0.717, 1.165) is 16.9 Å². The average molecular weight is 355 g/mol. The summed E-state index contributed by atoms with van der Waals surface area (Å²) in [4.78, 5) is 30.7. The number of likely N-dealkylation sites (N-methyl/N-ethyl adjacent to an activating group) is 1. The Morgan fingerprint density at radius 3 is 2.72 bits per heavy atom. The van der Waals surface area contributed by atoms with E-state index in [-0.39, 0.29) is 5.91 Å². The highest BCUT2D eigenvalue weighted by atomic mass is 32.2. The second-order valence-electron chi connectivity index (χ2n) is 5.80. The summed E-state index contributed by atoms with van der Waals surface area (Å²) in [6.07, 6.45) is 5.77. The Hall–Kier alpha value is -2.41. The Balaban J connectivity index is 1.69. The predicted molar refractivity (Wildman–Crippen MR) is 99.9 cm³/mol. The van der Waals surface area contributed by atoms with Crippen LogP contribution in [0, 0.1) is 6.92 Å². The first kappa shape index (κ1) is 17.4. The van der Waals surface area contributed by atoms with Crippen LogP contribution in [0.4, 0.5) is 0 Å². The Bertz CT molecular complexity index is 875. The number of H-pyrrole nitrogens is 1. The van der Waals surface area contributed by atoms with Gasteiger partial charge in [-0.1, -0.05) is 17.8 Å². The van der Waals surface area contributed by atoms with E-state index in [1.807, 2.05) is 25.3 Å². The van der Waals surface area contributed by atoms with Crippen LogP contribution >= 0.6 is 11.8 Å². The van der Waals surface area contributed by atoms with Crippen LogP contribution in [0.15, 0.2) is 35.7 Å². The highest BCUT2D eigenvalue weighted by molar-refractivity contribution is 7.98. The zero-order valence-electron chi connectivity index (χ0n) is 14.6. The van der Waals surface area contributed by atoms with Crippen LogP contribution in [-0.2, 0) is 6.42 Å². The van der Waals surface area contributed by atoms with Crippen LogP contribution in [-0.4, -0.2) is 50.1 Å². The van der Waals surface area contributed by atoms with Crippen molar-refractivity contribution in [2.45, 2.75) is 25.4 Å². The highest BCUT2D eigenvalue weighted by Crippen LogP contribution is 2.14. The first-order chi connectivity index (χ1) is 12.1. The molecule has 0 aliphatic rings. The number of rotatable bonds is 6. The van der Waals surface area contributed by atoms with Crippen molar-refractivity contribution < 1.29 is 4.79 Å². The van der Waals surface area contributed by atoms with E-state index in [1.165, 1.54) is 17.3 Å². The Morgan fingerprint density at radius 2 is 2.04 bits per heavy atom. The molecule has 0 aliphatic carbocycles. The van der Waals surface area contributed by atoms with Crippen molar-refractivity contribution >= 4 is 28.7 Å². The zero-order chi connectivity index (χ0) is 17.8. The fraction of sp³-hybridized carbons (Fsp3) is 0.333. The van der Waals surface area contributed by atoms with Gasteiger partial charge >= 0.3 is 0 Å². The minimum atomic E-state index is -0.0536. The van der Waals surface area contributed by atoms with E-state index in [1.54, 1.807) is 17.3 Å². The third-order valence-corrected chi connectivity index (χ3v) is 4.61. The molecule has 0 bridgehead atoms. The number of benzene rings is 1. The monoisotopic (exact) mass is 355 g/mol. The van der Waals surface area contributed by atoms with Crippen molar-refractivity contribution in [3.63, 3.8) is 0 Å². The minimum Gasteiger partial charge on any atom is -0.342 e. The summed E-state index contributed by atoms with van der Waals surface area (Å²) >= 11 is 1.45. The Labute approximate surface area is 151 Å². The maximum absolute atomic E-state index is 12.6. The molecule has 0 atom stereocenters. The van der Waals surface area contributed by atoms with Gasteiger partial charge in [0.1, 0.15) is 5.82 Å². The van der Waals surface area contributed by atoms with Crippen LogP contribution in [0.3, 0.4) is 0 Å². The van der Waals surface area contributed by atoms with E-state index in [9.17, 15) is 4.79 Å². The Morgan fingerprint density at radius 1 is 1.28 bits per heavy atom. The lowest BCUT2D eigenvalue weighted by atomic mass is 10.2. The molecule has 1 N–H and O–H groups in total. The summed E-state index contributed by atoms with van der Waals surface area (Å²) in [5, 5.41) is 0.664. The quantitative estimate of drug-likeness (QED) is 0.543. The van der Waals surface area contributed by atoms with Crippen molar-refractivity contribution in [3.05, 3.63) is 47.5 Å². The van der Waals surface area contributed by atoms with E-state index < -0.39 is 0 Å². The fourth-order valence-corrected chi connectivity index (χ4v) is 2.97. The smallest absolute Gasteiger partial charge is 0.256 e. The Kier molecular flexibility index (Phi) is 5.33. The second kappa shape index (κ2) is 7.65. The molecule has 7 heteroatoms. The summed E-state index contributed by atoms with van der Waals surface area (Å²) in [5.41, 5.74) is 3.70. The number of carbonyl (C=O) groups excluding carboxylic acids is 1.